The first kappa shape index (κ1) is 19.9. The fourth-order valence-corrected chi connectivity index (χ4v) is 3.15. The lowest BCUT2D eigenvalue weighted by Crippen LogP contribution is -2.51. The van der Waals surface area contributed by atoms with Crippen LogP contribution in [0.25, 0.3) is 0 Å². The average molecular weight is 367 g/mol. The number of halogens is 1. The summed E-state index contributed by atoms with van der Waals surface area (Å²) in [5, 5.41) is 7.52. The predicted octanol–water partition coefficient (Wildman–Crippen LogP) is 4.02. The molecule has 0 radical (unpaired) electrons. The normalized spacial score (nSPS) is 21.3. The van der Waals surface area contributed by atoms with Gasteiger partial charge in [0.1, 0.15) is 5.75 Å². The Kier molecular flexibility index (Phi) is 7.85. The van der Waals surface area contributed by atoms with Crippen LogP contribution in [0, 0.1) is 5.92 Å². The van der Waals surface area contributed by atoms with Gasteiger partial charge < -0.3 is 21.1 Å². The average Bonchev–Trinajstić information content (AvgIpc) is 2.56. The molecule has 4 N–H and O–H groups in total. The van der Waals surface area contributed by atoms with Gasteiger partial charge in [-0.3, -0.25) is 4.99 Å². The quantitative estimate of drug-likeness (QED) is 0.525. The van der Waals surface area contributed by atoms with E-state index < -0.39 is 0 Å². The second-order valence-corrected chi connectivity index (χ2v) is 7.52. The van der Waals surface area contributed by atoms with Crippen molar-refractivity contribution in [3.8, 4) is 5.75 Å². The molecule has 1 fully saturated rings. The number of rotatable bonds is 6. The largest absolute Gasteiger partial charge is 0.495 e. The summed E-state index contributed by atoms with van der Waals surface area (Å²) in [5.74, 6) is 2.09. The van der Waals surface area contributed by atoms with Crippen LogP contribution in [-0.4, -0.2) is 31.7 Å². The fourth-order valence-electron chi connectivity index (χ4n) is 2.98. The van der Waals surface area contributed by atoms with E-state index in [0.717, 1.165) is 43.2 Å². The van der Waals surface area contributed by atoms with Crippen molar-refractivity contribution in [2.24, 2.45) is 16.6 Å². The van der Waals surface area contributed by atoms with Crippen molar-refractivity contribution in [2.75, 3.05) is 19.0 Å². The Hall–Kier alpha value is -1.46. The standard InChI is InChI=1S/C19H31ClN4O/c1-13(2)10-11-22-19(23-16-7-5-4-6-15(16)21)24-17-12-14(20)8-9-18(17)25-3/h8-9,12-13,15-16H,4-7,10-11,21H2,1-3H3,(H2,22,23,24)/t15-,16-/m0/s1. The molecule has 1 aliphatic rings. The lowest BCUT2D eigenvalue weighted by Gasteiger charge is -2.31. The van der Waals surface area contributed by atoms with Gasteiger partial charge in [-0.2, -0.15) is 0 Å². The minimum absolute atomic E-state index is 0.159. The highest BCUT2D eigenvalue weighted by atomic mass is 35.5. The highest BCUT2D eigenvalue weighted by Crippen LogP contribution is 2.27. The number of hydrogen-bond donors (Lipinski definition) is 3. The van der Waals surface area contributed by atoms with E-state index >= 15 is 0 Å². The minimum atomic E-state index is 0.159. The fraction of sp³-hybridized carbons (Fsp3) is 0.632. The van der Waals surface area contributed by atoms with Gasteiger partial charge in [-0.25, -0.2) is 0 Å². The Morgan fingerprint density at radius 2 is 2.12 bits per heavy atom. The zero-order chi connectivity index (χ0) is 18.2. The molecule has 0 bridgehead atoms. The molecule has 0 saturated heterocycles. The molecule has 1 saturated carbocycles. The number of nitrogens with one attached hydrogen (secondary N) is 2. The molecule has 0 aliphatic heterocycles. The van der Waals surface area contributed by atoms with E-state index in [2.05, 4.69) is 24.5 Å². The molecule has 6 heteroatoms. The first-order chi connectivity index (χ1) is 12.0. The maximum absolute atomic E-state index is 6.29. The van der Waals surface area contributed by atoms with E-state index in [1.54, 1.807) is 7.11 Å². The van der Waals surface area contributed by atoms with E-state index in [1.807, 2.05) is 18.2 Å². The number of nitrogens with two attached hydrogens (primary N) is 1. The number of aliphatic imine (C=N–C) groups is 1. The Morgan fingerprint density at radius 1 is 1.36 bits per heavy atom. The smallest absolute Gasteiger partial charge is 0.196 e. The van der Waals surface area contributed by atoms with Crippen LogP contribution in [-0.2, 0) is 0 Å². The van der Waals surface area contributed by atoms with Crippen LogP contribution in [0.5, 0.6) is 5.75 Å². The third kappa shape index (κ3) is 6.40. The van der Waals surface area contributed by atoms with Gasteiger partial charge in [0.25, 0.3) is 0 Å². The summed E-state index contributed by atoms with van der Waals surface area (Å²) in [5.41, 5.74) is 7.09. The van der Waals surface area contributed by atoms with Gasteiger partial charge in [0.2, 0.25) is 0 Å². The van der Waals surface area contributed by atoms with Crippen LogP contribution >= 0.6 is 11.6 Å². The monoisotopic (exact) mass is 366 g/mol. The summed E-state index contributed by atoms with van der Waals surface area (Å²) in [6, 6.07) is 5.91. The van der Waals surface area contributed by atoms with Crippen molar-refractivity contribution in [1.82, 2.24) is 5.32 Å². The lowest BCUT2D eigenvalue weighted by atomic mass is 9.91. The Labute approximate surface area is 156 Å². The first-order valence-electron chi connectivity index (χ1n) is 9.16. The molecular formula is C19H31ClN4O. The van der Waals surface area contributed by atoms with Gasteiger partial charge in [-0.1, -0.05) is 38.3 Å². The highest BCUT2D eigenvalue weighted by molar-refractivity contribution is 6.31. The van der Waals surface area contributed by atoms with Gasteiger partial charge in [0.15, 0.2) is 5.96 Å². The summed E-state index contributed by atoms with van der Waals surface area (Å²) in [6.45, 7) is 5.16. The number of guanidine groups is 1. The third-order valence-corrected chi connectivity index (χ3v) is 4.77. The Balaban J connectivity index is 2.14. The zero-order valence-electron chi connectivity index (χ0n) is 15.5. The molecule has 0 unspecified atom stereocenters. The van der Waals surface area contributed by atoms with E-state index in [9.17, 15) is 0 Å². The third-order valence-electron chi connectivity index (χ3n) is 4.53. The number of methoxy groups -OCH3 is 1. The van der Waals surface area contributed by atoms with Crippen molar-refractivity contribution >= 4 is 23.2 Å². The van der Waals surface area contributed by atoms with Gasteiger partial charge in [-0.15, -0.1) is 0 Å². The van der Waals surface area contributed by atoms with E-state index in [-0.39, 0.29) is 12.1 Å². The summed E-state index contributed by atoms with van der Waals surface area (Å²) in [4.78, 5) is 4.73. The zero-order valence-corrected chi connectivity index (χ0v) is 16.3. The number of hydrogen-bond acceptors (Lipinski definition) is 3. The van der Waals surface area contributed by atoms with Crippen molar-refractivity contribution in [3.63, 3.8) is 0 Å². The molecule has 1 aromatic rings. The second-order valence-electron chi connectivity index (χ2n) is 7.08. The summed E-state index contributed by atoms with van der Waals surface area (Å²) in [7, 11) is 1.65. The van der Waals surface area contributed by atoms with Crippen molar-refractivity contribution < 1.29 is 4.74 Å². The van der Waals surface area contributed by atoms with Crippen molar-refractivity contribution in [3.05, 3.63) is 23.2 Å². The molecule has 140 valence electrons. The first-order valence-corrected chi connectivity index (χ1v) is 9.54. The van der Waals surface area contributed by atoms with Gasteiger partial charge in [0.05, 0.1) is 12.8 Å². The number of benzene rings is 1. The van der Waals surface area contributed by atoms with Gasteiger partial charge in [0, 0.05) is 23.7 Å². The summed E-state index contributed by atoms with van der Waals surface area (Å²) in [6.07, 6.45) is 5.56. The maximum atomic E-state index is 6.29. The summed E-state index contributed by atoms with van der Waals surface area (Å²) < 4.78 is 5.43. The van der Waals surface area contributed by atoms with E-state index in [4.69, 9.17) is 27.1 Å². The molecule has 1 aliphatic carbocycles. The van der Waals surface area contributed by atoms with Gasteiger partial charge >= 0.3 is 0 Å². The number of anilines is 1. The molecule has 0 spiro atoms. The van der Waals surface area contributed by atoms with E-state index in [1.165, 1.54) is 12.8 Å². The molecule has 2 rings (SSSR count). The minimum Gasteiger partial charge on any atom is -0.495 e. The molecule has 0 amide bonds. The Morgan fingerprint density at radius 3 is 2.80 bits per heavy atom. The summed E-state index contributed by atoms with van der Waals surface area (Å²) >= 11 is 6.14. The molecular weight excluding hydrogens is 336 g/mol. The van der Waals surface area contributed by atoms with Crippen LogP contribution in [0.3, 0.4) is 0 Å². The van der Waals surface area contributed by atoms with Gasteiger partial charge in [-0.05, 0) is 43.4 Å². The maximum Gasteiger partial charge on any atom is 0.196 e. The van der Waals surface area contributed by atoms with Crippen LogP contribution in [0.4, 0.5) is 5.69 Å². The highest BCUT2D eigenvalue weighted by Gasteiger charge is 2.23. The molecule has 2 atom stereocenters. The SMILES string of the molecule is COc1ccc(Cl)cc1NC(=NCCC(C)C)N[C@H]1CCCC[C@@H]1N. The molecule has 0 aromatic heterocycles. The number of nitrogens with zero attached hydrogens (tertiary/aromatic N) is 1. The Bertz CT molecular complexity index is 577. The van der Waals surface area contributed by atoms with Crippen molar-refractivity contribution in [1.29, 1.82) is 0 Å². The predicted molar refractivity (Wildman–Crippen MR) is 107 cm³/mol. The molecule has 25 heavy (non-hydrogen) atoms. The lowest BCUT2D eigenvalue weighted by molar-refractivity contribution is 0.360. The molecule has 0 heterocycles. The topological polar surface area (TPSA) is 71.7 Å². The van der Waals surface area contributed by atoms with E-state index in [0.29, 0.717) is 10.9 Å². The van der Waals surface area contributed by atoms with Crippen LogP contribution in [0.2, 0.25) is 5.02 Å². The molecule has 1 aromatic carbocycles. The second kappa shape index (κ2) is 9.88. The van der Waals surface area contributed by atoms with Crippen molar-refractivity contribution in [2.45, 2.75) is 58.0 Å². The number of ether oxygens (including phenoxy) is 1. The molecule has 5 nitrogen and oxygen atoms in total. The van der Waals surface area contributed by atoms with Crippen LogP contribution in [0.15, 0.2) is 23.2 Å². The van der Waals surface area contributed by atoms with Crippen LogP contribution in [0.1, 0.15) is 46.0 Å². The van der Waals surface area contributed by atoms with Crippen LogP contribution < -0.4 is 21.1 Å².